The minimum absolute atomic E-state index is 0.0711. The Bertz CT molecular complexity index is 865. The second-order valence-electron chi connectivity index (χ2n) is 11.9. The number of fused-ring (bicyclic) bond motifs is 2. The van der Waals surface area contributed by atoms with Crippen LogP contribution >= 0.6 is 0 Å². The normalized spacial score (nSPS) is 26.5. The molecule has 1 heterocycles. The maximum atomic E-state index is 13.6. The van der Waals surface area contributed by atoms with Crippen molar-refractivity contribution in [1.82, 2.24) is 20.4 Å². The fourth-order valence-electron chi connectivity index (χ4n) is 6.11. The average molecular weight is 491 g/mol. The van der Waals surface area contributed by atoms with Gasteiger partial charge in [-0.15, -0.1) is 0 Å². The van der Waals surface area contributed by atoms with Gasteiger partial charge in [0.05, 0.1) is 12.8 Å². The standard InChI is InChI=1S/C27H46N4O4/c1-7-21-11-19-10-20(15-32)13-22(12-19)24(21)29-25(34)23-14-28-31(26(23)35-16-17(2)3)9-8-27(5,6)30-18(4)33/h14,17,19-22,24,32H,7-13,15-16H2,1-6H3,(H,29,34)(H,30,33)/t19?,20-,21?,22?,24+/m0/s1. The van der Waals surface area contributed by atoms with Crippen molar-refractivity contribution in [2.75, 3.05) is 13.2 Å². The number of nitrogens with zero attached hydrogens (tertiary/aromatic N) is 2. The van der Waals surface area contributed by atoms with Crippen LogP contribution in [0.5, 0.6) is 5.88 Å². The van der Waals surface area contributed by atoms with Crippen LogP contribution in [0.25, 0.3) is 0 Å². The molecule has 2 aliphatic rings. The summed E-state index contributed by atoms with van der Waals surface area (Å²) in [6.45, 7) is 13.1. The monoisotopic (exact) mass is 490 g/mol. The van der Waals surface area contributed by atoms with Gasteiger partial charge in [-0.25, -0.2) is 4.68 Å². The highest BCUT2D eigenvalue weighted by Crippen LogP contribution is 2.46. The molecule has 0 aliphatic heterocycles. The Balaban J connectivity index is 1.77. The van der Waals surface area contributed by atoms with Crippen LogP contribution in [0.2, 0.25) is 0 Å². The van der Waals surface area contributed by atoms with Crippen LogP contribution in [0.15, 0.2) is 6.20 Å². The SMILES string of the molecule is CCC1CC2CC(C[C@@H](CO)C2)[C@@H]1NC(=O)c1cnn(CCC(C)(C)NC(C)=O)c1OCC(C)C. The summed E-state index contributed by atoms with van der Waals surface area (Å²) in [5.74, 6) is 2.45. The molecule has 3 rings (SSSR count). The zero-order chi connectivity index (χ0) is 25.8. The Labute approximate surface area is 210 Å². The van der Waals surface area contributed by atoms with Gasteiger partial charge in [0.2, 0.25) is 11.8 Å². The van der Waals surface area contributed by atoms with Gasteiger partial charge >= 0.3 is 0 Å². The first kappa shape index (κ1) is 27.5. The Hall–Kier alpha value is -2.09. The summed E-state index contributed by atoms with van der Waals surface area (Å²) < 4.78 is 7.86. The summed E-state index contributed by atoms with van der Waals surface area (Å²) in [5, 5.41) is 20.6. The van der Waals surface area contributed by atoms with Crippen molar-refractivity contribution < 1.29 is 19.4 Å². The van der Waals surface area contributed by atoms with Gasteiger partial charge in [-0.05, 0) is 75.5 Å². The topological polar surface area (TPSA) is 105 Å². The van der Waals surface area contributed by atoms with Gasteiger partial charge in [-0.1, -0.05) is 27.2 Å². The number of rotatable bonds is 11. The van der Waals surface area contributed by atoms with Crippen molar-refractivity contribution in [3.05, 3.63) is 11.8 Å². The van der Waals surface area contributed by atoms with Crippen molar-refractivity contribution in [2.24, 2.45) is 29.6 Å². The molecule has 2 fully saturated rings. The van der Waals surface area contributed by atoms with E-state index in [4.69, 9.17) is 4.74 Å². The molecule has 0 radical (unpaired) electrons. The Morgan fingerprint density at radius 1 is 1.26 bits per heavy atom. The van der Waals surface area contributed by atoms with Crippen LogP contribution in [0.1, 0.15) is 90.4 Å². The molecule has 5 atom stereocenters. The van der Waals surface area contributed by atoms with Gasteiger partial charge in [0.1, 0.15) is 5.56 Å². The summed E-state index contributed by atoms with van der Waals surface area (Å²) in [6, 6.07) is 0.109. The van der Waals surface area contributed by atoms with Crippen LogP contribution in [0, 0.1) is 29.6 Å². The maximum Gasteiger partial charge on any atom is 0.258 e. The van der Waals surface area contributed by atoms with E-state index in [9.17, 15) is 14.7 Å². The Kier molecular flexibility index (Phi) is 9.24. The first-order valence-corrected chi connectivity index (χ1v) is 13.4. The summed E-state index contributed by atoms with van der Waals surface area (Å²) in [5.41, 5.74) is 0.0710. The Morgan fingerprint density at radius 2 is 2.00 bits per heavy atom. The van der Waals surface area contributed by atoms with E-state index in [2.05, 4.69) is 36.5 Å². The Morgan fingerprint density at radius 3 is 2.63 bits per heavy atom. The van der Waals surface area contributed by atoms with Crippen LogP contribution in [0.4, 0.5) is 0 Å². The minimum Gasteiger partial charge on any atom is -0.477 e. The van der Waals surface area contributed by atoms with Gasteiger partial charge in [-0.3, -0.25) is 9.59 Å². The molecule has 8 heteroatoms. The number of carbonyl (C=O) groups excluding carboxylic acids is 2. The highest BCUT2D eigenvalue weighted by molar-refractivity contribution is 5.96. The van der Waals surface area contributed by atoms with Crippen molar-refractivity contribution in [1.29, 1.82) is 0 Å². The lowest BCUT2D eigenvalue weighted by Gasteiger charge is -2.47. The van der Waals surface area contributed by atoms with Crippen LogP contribution in [0.3, 0.4) is 0 Å². The predicted molar refractivity (Wildman–Crippen MR) is 136 cm³/mol. The maximum absolute atomic E-state index is 13.6. The van der Waals surface area contributed by atoms with E-state index in [-0.39, 0.29) is 24.5 Å². The molecule has 2 bridgehead atoms. The second-order valence-corrected chi connectivity index (χ2v) is 11.9. The van der Waals surface area contributed by atoms with Crippen LogP contribution < -0.4 is 15.4 Å². The molecule has 1 aromatic rings. The second kappa shape index (κ2) is 11.8. The van der Waals surface area contributed by atoms with Crippen molar-refractivity contribution in [3.8, 4) is 5.88 Å². The van der Waals surface area contributed by atoms with Gasteiger partial charge in [0.15, 0.2) is 0 Å². The predicted octanol–water partition coefficient (Wildman–Crippen LogP) is 3.78. The van der Waals surface area contributed by atoms with Gasteiger partial charge < -0.3 is 20.5 Å². The van der Waals surface area contributed by atoms with Crippen LogP contribution in [-0.4, -0.2) is 51.5 Å². The van der Waals surface area contributed by atoms with E-state index < -0.39 is 5.54 Å². The van der Waals surface area contributed by atoms with Crippen molar-refractivity contribution in [2.45, 2.75) is 98.2 Å². The fraction of sp³-hybridized carbons (Fsp3) is 0.815. The third kappa shape index (κ3) is 7.21. The van der Waals surface area contributed by atoms with Crippen molar-refractivity contribution >= 4 is 11.8 Å². The first-order chi connectivity index (χ1) is 16.5. The molecule has 2 amide bonds. The van der Waals surface area contributed by atoms with E-state index in [0.717, 1.165) is 32.1 Å². The summed E-state index contributed by atoms with van der Waals surface area (Å²) in [6.07, 6.45) is 7.63. The van der Waals surface area contributed by atoms with Gasteiger partial charge in [-0.2, -0.15) is 5.10 Å². The number of carbonyl (C=O) groups is 2. The average Bonchev–Trinajstić information content (AvgIpc) is 3.19. The number of aliphatic hydroxyl groups excluding tert-OH is 1. The summed E-state index contributed by atoms with van der Waals surface area (Å²) >= 11 is 0. The molecular weight excluding hydrogens is 444 g/mol. The number of hydrogen-bond acceptors (Lipinski definition) is 5. The largest absolute Gasteiger partial charge is 0.477 e. The lowest BCUT2D eigenvalue weighted by atomic mass is 9.62. The quantitative estimate of drug-likeness (QED) is 0.438. The van der Waals surface area contributed by atoms with E-state index >= 15 is 0 Å². The molecule has 2 saturated carbocycles. The number of aryl methyl sites for hydroxylation is 1. The zero-order valence-electron chi connectivity index (χ0n) is 22.5. The summed E-state index contributed by atoms with van der Waals surface area (Å²) in [7, 11) is 0. The lowest BCUT2D eigenvalue weighted by molar-refractivity contribution is -0.120. The smallest absolute Gasteiger partial charge is 0.258 e. The third-order valence-electron chi connectivity index (χ3n) is 7.72. The number of amides is 2. The highest BCUT2D eigenvalue weighted by Gasteiger charge is 2.42. The lowest BCUT2D eigenvalue weighted by Crippen LogP contribution is -2.51. The molecule has 35 heavy (non-hydrogen) atoms. The zero-order valence-corrected chi connectivity index (χ0v) is 22.5. The van der Waals surface area contributed by atoms with E-state index in [1.54, 1.807) is 10.9 Å². The molecule has 1 aromatic heterocycles. The van der Waals surface area contributed by atoms with Crippen molar-refractivity contribution in [3.63, 3.8) is 0 Å². The molecular formula is C27H46N4O4. The number of hydrogen-bond donors (Lipinski definition) is 3. The van der Waals surface area contributed by atoms with Crippen LogP contribution in [-0.2, 0) is 11.3 Å². The molecule has 0 aromatic carbocycles. The van der Waals surface area contributed by atoms with E-state index in [1.807, 2.05) is 13.8 Å². The molecule has 3 unspecified atom stereocenters. The molecule has 8 nitrogen and oxygen atoms in total. The fourth-order valence-corrected chi connectivity index (χ4v) is 6.11. The first-order valence-electron chi connectivity index (χ1n) is 13.4. The van der Waals surface area contributed by atoms with Gasteiger partial charge in [0, 0.05) is 31.7 Å². The number of aliphatic hydroxyl groups is 1. The highest BCUT2D eigenvalue weighted by atomic mass is 16.5. The number of aromatic nitrogens is 2. The molecule has 198 valence electrons. The molecule has 3 N–H and O–H groups in total. The van der Waals surface area contributed by atoms with E-state index in [1.165, 1.54) is 6.92 Å². The molecule has 0 saturated heterocycles. The molecule has 2 aliphatic carbocycles. The molecule has 0 spiro atoms. The third-order valence-corrected chi connectivity index (χ3v) is 7.72. The van der Waals surface area contributed by atoms with Gasteiger partial charge in [0.25, 0.3) is 5.91 Å². The summed E-state index contributed by atoms with van der Waals surface area (Å²) in [4.78, 5) is 25.1. The number of nitrogens with one attached hydrogen (secondary N) is 2. The number of ether oxygens (including phenoxy) is 1. The van der Waals surface area contributed by atoms with E-state index in [0.29, 0.717) is 60.6 Å². The minimum atomic E-state index is -0.396.